The zero-order valence-corrected chi connectivity index (χ0v) is 16.2. The lowest BCUT2D eigenvalue weighted by molar-refractivity contribution is -0.129. The number of benzene rings is 1. The predicted molar refractivity (Wildman–Crippen MR) is 105 cm³/mol. The molecule has 1 aliphatic heterocycles. The zero-order valence-electron chi connectivity index (χ0n) is 16.2. The van der Waals surface area contributed by atoms with Gasteiger partial charge < -0.3 is 10.6 Å². The number of rotatable bonds is 9. The number of carbonyl (C=O) groups is 2. The second-order valence-electron chi connectivity index (χ2n) is 7.28. The minimum absolute atomic E-state index is 0.000162. The molecule has 0 spiro atoms. The van der Waals surface area contributed by atoms with Crippen LogP contribution in [0.1, 0.15) is 45.1 Å². The maximum atomic E-state index is 12.3. The first-order valence-corrected chi connectivity index (χ1v) is 9.92. The number of hydrogen-bond donors (Lipinski definition) is 2. The minimum Gasteiger partial charge on any atom is -0.356 e. The number of piperidine rings is 1. The van der Waals surface area contributed by atoms with Crippen LogP contribution in [0.5, 0.6) is 0 Å². The number of likely N-dealkylation sites (tertiary alicyclic amines) is 1. The van der Waals surface area contributed by atoms with Crippen molar-refractivity contribution in [1.82, 2.24) is 15.5 Å². The molecule has 0 aliphatic carbocycles. The van der Waals surface area contributed by atoms with Crippen molar-refractivity contribution in [3.63, 3.8) is 0 Å². The van der Waals surface area contributed by atoms with Crippen LogP contribution in [0, 0.1) is 5.92 Å². The van der Waals surface area contributed by atoms with Gasteiger partial charge in [0.05, 0.1) is 12.5 Å². The van der Waals surface area contributed by atoms with Crippen molar-refractivity contribution < 1.29 is 9.59 Å². The average molecular weight is 360 g/mol. The van der Waals surface area contributed by atoms with Crippen molar-refractivity contribution in [3.05, 3.63) is 35.9 Å². The standard InChI is InChI=1S/C21H33N3O2/c1-3-4-13-23-21(26)19-11-10-17(2)24(15-19)16-20(25)22-14-12-18-8-6-5-7-9-18/h5-9,17,19H,3-4,10-16H2,1-2H3,(H,22,25)(H,23,26). The molecule has 2 rings (SSSR count). The smallest absolute Gasteiger partial charge is 0.234 e. The molecule has 5 heteroatoms. The lowest BCUT2D eigenvalue weighted by atomic mass is 9.92. The van der Waals surface area contributed by atoms with Crippen LogP contribution >= 0.6 is 0 Å². The number of carbonyl (C=O) groups excluding carboxylic acids is 2. The van der Waals surface area contributed by atoms with Crippen molar-refractivity contribution in [2.75, 3.05) is 26.2 Å². The number of amides is 2. The van der Waals surface area contributed by atoms with Crippen molar-refractivity contribution >= 4 is 11.8 Å². The third-order valence-corrected chi connectivity index (χ3v) is 5.14. The van der Waals surface area contributed by atoms with Gasteiger partial charge in [-0.2, -0.15) is 0 Å². The second-order valence-corrected chi connectivity index (χ2v) is 7.28. The van der Waals surface area contributed by atoms with Crippen LogP contribution < -0.4 is 10.6 Å². The summed E-state index contributed by atoms with van der Waals surface area (Å²) in [6.45, 7) is 6.70. The van der Waals surface area contributed by atoms with Crippen LogP contribution in [0.2, 0.25) is 0 Å². The van der Waals surface area contributed by atoms with E-state index in [1.54, 1.807) is 0 Å². The molecule has 1 aromatic carbocycles. The van der Waals surface area contributed by atoms with Crippen molar-refractivity contribution in [1.29, 1.82) is 0 Å². The Morgan fingerprint density at radius 3 is 2.62 bits per heavy atom. The maximum Gasteiger partial charge on any atom is 0.234 e. The van der Waals surface area contributed by atoms with Crippen molar-refractivity contribution in [2.45, 2.75) is 52.0 Å². The van der Waals surface area contributed by atoms with Gasteiger partial charge in [0, 0.05) is 25.7 Å². The molecule has 2 amide bonds. The van der Waals surface area contributed by atoms with Crippen LogP contribution in [0.25, 0.3) is 0 Å². The number of unbranched alkanes of at least 4 members (excludes halogenated alkanes) is 1. The first-order valence-electron chi connectivity index (χ1n) is 9.92. The molecular formula is C21H33N3O2. The highest BCUT2D eigenvalue weighted by Crippen LogP contribution is 2.21. The second kappa shape index (κ2) is 11.0. The highest BCUT2D eigenvalue weighted by atomic mass is 16.2. The summed E-state index contributed by atoms with van der Waals surface area (Å²) in [4.78, 5) is 26.7. The van der Waals surface area contributed by atoms with E-state index in [9.17, 15) is 9.59 Å². The summed E-state index contributed by atoms with van der Waals surface area (Å²) >= 11 is 0. The molecule has 144 valence electrons. The molecule has 0 bridgehead atoms. The van der Waals surface area contributed by atoms with Crippen LogP contribution in [-0.4, -0.2) is 48.9 Å². The number of nitrogens with one attached hydrogen (secondary N) is 2. The van der Waals surface area contributed by atoms with Gasteiger partial charge >= 0.3 is 0 Å². The van der Waals surface area contributed by atoms with Gasteiger partial charge in [0.2, 0.25) is 11.8 Å². The van der Waals surface area contributed by atoms with Gasteiger partial charge in [-0.3, -0.25) is 14.5 Å². The topological polar surface area (TPSA) is 61.4 Å². The van der Waals surface area contributed by atoms with Gasteiger partial charge in [0.25, 0.3) is 0 Å². The third-order valence-electron chi connectivity index (χ3n) is 5.14. The zero-order chi connectivity index (χ0) is 18.8. The molecule has 0 saturated carbocycles. The van der Waals surface area contributed by atoms with Crippen LogP contribution in [0.3, 0.4) is 0 Å². The summed E-state index contributed by atoms with van der Waals surface area (Å²) in [5.41, 5.74) is 1.22. The van der Waals surface area contributed by atoms with E-state index in [4.69, 9.17) is 0 Å². The first kappa shape index (κ1) is 20.4. The Balaban J connectivity index is 1.73. The lowest BCUT2D eigenvalue weighted by Crippen LogP contribution is -2.50. The van der Waals surface area contributed by atoms with E-state index < -0.39 is 0 Å². The molecular weight excluding hydrogens is 326 g/mol. The van der Waals surface area contributed by atoms with Crippen LogP contribution in [0.4, 0.5) is 0 Å². The third kappa shape index (κ3) is 6.79. The fourth-order valence-electron chi connectivity index (χ4n) is 3.38. The Bertz CT molecular complexity index is 562. The Morgan fingerprint density at radius 2 is 1.88 bits per heavy atom. The van der Waals surface area contributed by atoms with E-state index in [0.717, 1.165) is 38.6 Å². The van der Waals surface area contributed by atoms with E-state index in [0.29, 0.717) is 25.7 Å². The van der Waals surface area contributed by atoms with Crippen molar-refractivity contribution in [2.24, 2.45) is 5.92 Å². The van der Waals surface area contributed by atoms with E-state index in [-0.39, 0.29) is 17.7 Å². The SMILES string of the molecule is CCCCNC(=O)C1CCC(C)N(CC(=O)NCCc2ccccc2)C1. The largest absolute Gasteiger partial charge is 0.356 e. The molecule has 5 nitrogen and oxygen atoms in total. The first-order chi connectivity index (χ1) is 12.6. The quantitative estimate of drug-likeness (QED) is 0.666. The predicted octanol–water partition coefficient (Wildman–Crippen LogP) is 2.36. The highest BCUT2D eigenvalue weighted by Gasteiger charge is 2.30. The van der Waals surface area contributed by atoms with Gasteiger partial charge in [-0.1, -0.05) is 43.7 Å². The molecule has 1 aromatic rings. The molecule has 2 unspecified atom stereocenters. The summed E-state index contributed by atoms with van der Waals surface area (Å²) < 4.78 is 0. The average Bonchev–Trinajstić information content (AvgIpc) is 2.64. The Hall–Kier alpha value is -1.88. The van der Waals surface area contributed by atoms with Crippen molar-refractivity contribution in [3.8, 4) is 0 Å². The molecule has 0 radical (unpaired) electrons. The molecule has 2 atom stereocenters. The van der Waals surface area contributed by atoms with E-state index in [2.05, 4.69) is 41.5 Å². The monoisotopic (exact) mass is 359 g/mol. The van der Waals surface area contributed by atoms with Crippen LogP contribution in [-0.2, 0) is 16.0 Å². The van der Waals surface area contributed by atoms with E-state index in [1.165, 1.54) is 5.56 Å². The molecule has 1 aliphatic rings. The number of hydrogen-bond acceptors (Lipinski definition) is 3. The van der Waals surface area contributed by atoms with Crippen LogP contribution in [0.15, 0.2) is 30.3 Å². The highest BCUT2D eigenvalue weighted by molar-refractivity contribution is 5.80. The molecule has 1 heterocycles. The van der Waals surface area contributed by atoms with Gasteiger partial charge in [-0.05, 0) is 38.2 Å². The van der Waals surface area contributed by atoms with Gasteiger partial charge in [-0.15, -0.1) is 0 Å². The lowest BCUT2D eigenvalue weighted by Gasteiger charge is -2.36. The fourth-order valence-corrected chi connectivity index (χ4v) is 3.38. The summed E-state index contributed by atoms with van der Waals surface area (Å²) in [6.07, 6.45) is 4.80. The molecule has 26 heavy (non-hydrogen) atoms. The minimum atomic E-state index is 0.000162. The maximum absolute atomic E-state index is 12.3. The molecule has 1 fully saturated rings. The summed E-state index contributed by atoms with van der Waals surface area (Å²) in [6, 6.07) is 10.5. The Kier molecular flexibility index (Phi) is 8.62. The summed E-state index contributed by atoms with van der Waals surface area (Å²) in [7, 11) is 0. The summed E-state index contributed by atoms with van der Waals surface area (Å²) in [5.74, 6) is 0.180. The summed E-state index contributed by atoms with van der Waals surface area (Å²) in [5, 5.41) is 6.03. The van der Waals surface area contributed by atoms with E-state index >= 15 is 0 Å². The van der Waals surface area contributed by atoms with E-state index in [1.807, 2.05) is 18.2 Å². The van der Waals surface area contributed by atoms with Gasteiger partial charge in [-0.25, -0.2) is 0 Å². The molecule has 0 aromatic heterocycles. The normalized spacial score (nSPS) is 20.5. The number of nitrogens with zero attached hydrogens (tertiary/aromatic N) is 1. The Labute approximate surface area is 157 Å². The Morgan fingerprint density at radius 1 is 1.12 bits per heavy atom. The fraction of sp³-hybridized carbons (Fsp3) is 0.619. The van der Waals surface area contributed by atoms with Gasteiger partial charge in [0.15, 0.2) is 0 Å². The molecule has 2 N–H and O–H groups in total. The molecule has 1 saturated heterocycles. The van der Waals surface area contributed by atoms with Gasteiger partial charge in [0.1, 0.15) is 0 Å².